The summed E-state index contributed by atoms with van der Waals surface area (Å²) in [6.45, 7) is 2.01. The van der Waals surface area contributed by atoms with Crippen molar-refractivity contribution in [2.24, 2.45) is 7.05 Å². The van der Waals surface area contributed by atoms with Gasteiger partial charge in [0.25, 0.3) is 0 Å². The van der Waals surface area contributed by atoms with Gasteiger partial charge in [0, 0.05) is 24.3 Å². The first-order valence-corrected chi connectivity index (χ1v) is 10.3. The molecule has 7 nitrogen and oxygen atoms in total. The van der Waals surface area contributed by atoms with Crippen molar-refractivity contribution < 1.29 is 4.79 Å². The average molecular weight is 411 g/mol. The molecule has 3 aromatic heterocycles. The van der Waals surface area contributed by atoms with Gasteiger partial charge in [-0.3, -0.25) is 4.79 Å². The smallest absolute Gasteiger partial charge is 0.234 e. The summed E-state index contributed by atoms with van der Waals surface area (Å²) in [5.41, 5.74) is 8.86. The Balaban J connectivity index is 1.48. The van der Waals surface area contributed by atoms with E-state index < -0.39 is 0 Å². The molecule has 4 aromatic rings. The Labute approximate surface area is 170 Å². The number of pyridine rings is 1. The predicted molar refractivity (Wildman–Crippen MR) is 115 cm³/mol. The van der Waals surface area contributed by atoms with Crippen molar-refractivity contribution >= 4 is 50.6 Å². The molecule has 1 aromatic carbocycles. The topological polar surface area (TPSA) is 98.7 Å². The first kappa shape index (κ1) is 18.5. The van der Waals surface area contributed by atoms with Gasteiger partial charge < -0.3 is 15.6 Å². The highest BCUT2D eigenvalue weighted by Gasteiger charge is 2.19. The molecule has 0 radical (unpaired) electrons. The van der Waals surface area contributed by atoms with Gasteiger partial charge in [0.1, 0.15) is 4.83 Å². The molecule has 9 heteroatoms. The molecule has 0 saturated heterocycles. The largest absolute Gasteiger partial charge is 0.397 e. The SMILES string of the molecule is Cc1ccc(NC(=O)CSc2nnc(-c3sc4ncccc4c3N)n2C)cc1. The Morgan fingerprint density at radius 3 is 2.79 bits per heavy atom. The second kappa shape index (κ2) is 7.61. The van der Waals surface area contributed by atoms with Crippen LogP contribution in [0.15, 0.2) is 47.8 Å². The summed E-state index contributed by atoms with van der Waals surface area (Å²) in [6.07, 6.45) is 1.74. The van der Waals surface area contributed by atoms with E-state index in [2.05, 4.69) is 20.5 Å². The number of nitrogen functional groups attached to an aromatic ring is 1. The third-order valence-electron chi connectivity index (χ3n) is 4.21. The normalized spacial score (nSPS) is 11.1. The van der Waals surface area contributed by atoms with E-state index in [1.54, 1.807) is 6.20 Å². The number of hydrogen-bond acceptors (Lipinski definition) is 7. The Hall–Kier alpha value is -2.91. The molecular formula is C19H18N6OS2. The molecule has 0 aliphatic rings. The first-order valence-electron chi connectivity index (χ1n) is 8.55. The second-order valence-corrected chi connectivity index (χ2v) is 8.21. The summed E-state index contributed by atoms with van der Waals surface area (Å²) < 4.78 is 1.85. The van der Waals surface area contributed by atoms with Gasteiger partial charge in [0.15, 0.2) is 11.0 Å². The number of aryl methyl sites for hydroxylation is 1. The number of carbonyl (C=O) groups excluding carboxylic acids is 1. The number of hydrogen-bond donors (Lipinski definition) is 2. The zero-order valence-corrected chi connectivity index (χ0v) is 17.0. The minimum absolute atomic E-state index is 0.0935. The van der Waals surface area contributed by atoms with Crippen molar-refractivity contribution in [3.63, 3.8) is 0 Å². The molecule has 142 valence electrons. The monoisotopic (exact) mass is 410 g/mol. The van der Waals surface area contributed by atoms with Crippen LogP contribution in [0.3, 0.4) is 0 Å². The number of nitrogens with one attached hydrogen (secondary N) is 1. The molecule has 0 saturated carbocycles. The van der Waals surface area contributed by atoms with Crippen molar-refractivity contribution in [2.45, 2.75) is 12.1 Å². The lowest BCUT2D eigenvalue weighted by molar-refractivity contribution is -0.113. The lowest BCUT2D eigenvalue weighted by atomic mass is 10.2. The number of rotatable bonds is 5. The molecule has 4 rings (SSSR count). The van der Waals surface area contributed by atoms with Gasteiger partial charge in [-0.1, -0.05) is 29.5 Å². The highest BCUT2D eigenvalue weighted by Crippen LogP contribution is 2.39. The highest BCUT2D eigenvalue weighted by atomic mass is 32.2. The van der Waals surface area contributed by atoms with Crippen molar-refractivity contribution in [1.82, 2.24) is 19.7 Å². The fourth-order valence-electron chi connectivity index (χ4n) is 2.72. The molecular weight excluding hydrogens is 392 g/mol. The fraction of sp³-hybridized carbons (Fsp3) is 0.158. The van der Waals surface area contributed by atoms with Crippen molar-refractivity contribution in [2.75, 3.05) is 16.8 Å². The maximum Gasteiger partial charge on any atom is 0.234 e. The van der Waals surface area contributed by atoms with Crippen LogP contribution in [0.25, 0.3) is 20.9 Å². The molecule has 0 spiro atoms. The number of amides is 1. The molecule has 0 aliphatic heterocycles. The summed E-state index contributed by atoms with van der Waals surface area (Å²) in [6, 6.07) is 11.5. The van der Waals surface area contributed by atoms with E-state index in [4.69, 9.17) is 5.73 Å². The number of anilines is 2. The zero-order chi connectivity index (χ0) is 19.7. The number of thioether (sulfide) groups is 1. The predicted octanol–water partition coefficient (Wildman–Crippen LogP) is 3.71. The summed E-state index contributed by atoms with van der Waals surface area (Å²) >= 11 is 2.82. The van der Waals surface area contributed by atoms with Gasteiger partial charge in [-0.05, 0) is 31.2 Å². The van der Waals surface area contributed by atoms with Gasteiger partial charge in [-0.25, -0.2) is 4.98 Å². The summed E-state index contributed by atoms with van der Waals surface area (Å²) in [5, 5.41) is 12.9. The lowest BCUT2D eigenvalue weighted by Crippen LogP contribution is -2.14. The molecule has 3 N–H and O–H groups in total. The second-order valence-electron chi connectivity index (χ2n) is 6.27. The van der Waals surface area contributed by atoms with Crippen LogP contribution in [0.4, 0.5) is 11.4 Å². The third-order valence-corrected chi connectivity index (χ3v) is 6.36. The van der Waals surface area contributed by atoms with Gasteiger partial charge in [0.05, 0.1) is 16.3 Å². The third kappa shape index (κ3) is 3.58. The maximum absolute atomic E-state index is 12.2. The van der Waals surface area contributed by atoms with Crippen LogP contribution in [0, 0.1) is 6.92 Å². The van der Waals surface area contributed by atoms with E-state index in [-0.39, 0.29) is 11.7 Å². The van der Waals surface area contributed by atoms with E-state index in [0.29, 0.717) is 16.7 Å². The summed E-state index contributed by atoms with van der Waals surface area (Å²) in [4.78, 5) is 18.3. The number of fused-ring (bicyclic) bond motifs is 1. The minimum Gasteiger partial charge on any atom is -0.397 e. The number of benzene rings is 1. The molecule has 0 fully saturated rings. The minimum atomic E-state index is -0.0935. The Morgan fingerprint density at radius 1 is 1.25 bits per heavy atom. The zero-order valence-electron chi connectivity index (χ0n) is 15.3. The molecule has 0 atom stereocenters. The van der Waals surface area contributed by atoms with Gasteiger partial charge in [-0.2, -0.15) is 0 Å². The molecule has 0 bridgehead atoms. The average Bonchev–Trinajstić information content (AvgIpc) is 3.22. The lowest BCUT2D eigenvalue weighted by Gasteiger charge is -2.06. The summed E-state index contributed by atoms with van der Waals surface area (Å²) in [7, 11) is 1.87. The van der Waals surface area contributed by atoms with Crippen molar-refractivity contribution in [3.8, 4) is 10.7 Å². The van der Waals surface area contributed by atoms with Gasteiger partial charge in [0.2, 0.25) is 5.91 Å². The Bertz CT molecular complexity index is 1150. The number of aromatic nitrogens is 4. The van der Waals surface area contributed by atoms with E-state index >= 15 is 0 Å². The maximum atomic E-state index is 12.2. The van der Waals surface area contributed by atoms with Crippen LogP contribution >= 0.6 is 23.1 Å². The van der Waals surface area contributed by atoms with Crippen LogP contribution in [-0.2, 0) is 11.8 Å². The quantitative estimate of drug-likeness (QED) is 0.487. The number of thiophene rings is 1. The highest BCUT2D eigenvalue weighted by molar-refractivity contribution is 7.99. The van der Waals surface area contributed by atoms with Gasteiger partial charge in [-0.15, -0.1) is 21.5 Å². The van der Waals surface area contributed by atoms with E-state index in [9.17, 15) is 4.79 Å². The summed E-state index contributed by atoms with van der Waals surface area (Å²) in [5.74, 6) is 0.814. The van der Waals surface area contributed by atoms with E-state index in [1.807, 2.05) is 54.9 Å². The molecule has 0 aliphatic carbocycles. The van der Waals surface area contributed by atoms with Crippen LogP contribution in [-0.4, -0.2) is 31.4 Å². The molecule has 1 amide bonds. The first-order chi connectivity index (χ1) is 13.5. The standard InChI is InChI=1S/C19H18N6OS2/c1-11-5-7-12(8-6-11)22-14(26)10-27-19-24-23-17(25(19)2)16-15(20)13-4-3-9-21-18(13)28-16/h3-9H,10,20H2,1-2H3,(H,22,26). The number of nitrogens with two attached hydrogens (primary N) is 1. The van der Waals surface area contributed by atoms with Crippen LogP contribution in [0.1, 0.15) is 5.56 Å². The van der Waals surface area contributed by atoms with Crippen molar-refractivity contribution in [3.05, 3.63) is 48.2 Å². The number of carbonyl (C=O) groups is 1. The van der Waals surface area contributed by atoms with Crippen LogP contribution in [0.5, 0.6) is 0 Å². The van der Waals surface area contributed by atoms with Gasteiger partial charge >= 0.3 is 0 Å². The number of nitrogens with zero attached hydrogens (tertiary/aromatic N) is 4. The van der Waals surface area contributed by atoms with Crippen LogP contribution in [0.2, 0.25) is 0 Å². The molecule has 3 heterocycles. The Morgan fingerprint density at radius 2 is 2.04 bits per heavy atom. The van der Waals surface area contributed by atoms with Crippen LogP contribution < -0.4 is 11.1 Å². The molecule has 28 heavy (non-hydrogen) atoms. The van der Waals surface area contributed by atoms with E-state index in [1.165, 1.54) is 23.1 Å². The fourth-order valence-corrected chi connectivity index (χ4v) is 4.51. The Kier molecular flexibility index (Phi) is 5.01. The van der Waals surface area contributed by atoms with E-state index in [0.717, 1.165) is 26.3 Å². The van der Waals surface area contributed by atoms with Crippen molar-refractivity contribution in [1.29, 1.82) is 0 Å². The molecule has 0 unspecified atom stereocenters.